The van der Waals surface area contributed by atoms with E-state index in [0.29, 0.717) is 13.2 Å². The van der Waals surface area contributed by atoms with Crippen molar-refractivity contribution in [2.24, 2.45) is 0 Å². The van der Waals surface area contributed by atoms with Gasteiger partial charge in [0.15, 0.2) is 5.54 Å². The van der Waals surface area contributed by atoms with Gasteiger partial charge in [0.2, 0.25) is 0 Å². The van der Waals surface area contributed by atoms with Crippen molar-refractivity contribution in [3.05, 3.63) is 35.9 Å². The molecular formula is C11H13NO2. The molecule has 1 aliphatic rings. The molecule has 0 spiro atoms. The van der Waals surface area contributed by atoms with Crippen LogP contribution in [-0.2, 0) is 15.1 Å². The summed E-state index contributed by atoms with van der Waals surface area (Å²) in [5.41, 5.74) is 0.426. The third kappa shape index (κ3) is 1.40. The first-order valence-corrected chi connectivity index (χ1v) is 4.77. The summed E-state index contributed by atoms with van der Waals surface area (Å²) in [5, 5.41) is 3.07. The van der Waals surface area contributed by atoms with Gasteiger partial charge in [-0.1, -0.05) is 30.3 Å². The first-order valence-electron chi connectivity index (χ1n) is 4.77. The van der Waals surface area contributed by atoms with Crippen molar-refractivity contribution >= 4 is 5.97 Å². The average molecular weight is 191 g/mol. The fourth-order valence-corrected chi connectivity index (χ4v) is 1.53. The van der Waals surface area contributed by atoms with Gasteiger partial charge in [-0.15, -0.1) is 0 Å². The molecule has 0 radical (unpaired) electrons. The second-order valence-corrected chi connectivity index (χ2v) is 3.35. The van der Waals surface area contributed by atoms with Crippen LogP contribution < -0.4 is 5.32 Å². The Balaban J connectivity index is 2.21. The van der Waals surface area contributed by atoms with Crippen LogP contribution >= 0.6 is 0 Å². The van der Waals surface area contributed by atoms with Crippen molar-refractivity contribution in [1.29, 1.82) is 0 Å². The van der Waals surface area contributed by atoms with Crippen molar-refractivity contribution in [3.8, 4) is 0 Å². The summed E-state index contributed by atoms with van der Waals surface area (Å²) < 4.78 is 5.02. The quantitative estimate of drug-likeness (QED) is 0.573. The standard InChI is InChI=1S/C11H13NO2/c1-2-14-10(13)11(8-12-11)9-6-4-3-5-7-9/h3-7,12H,2,8H2,1H3/t11-/m1/s1. The van der Waals surface area contributed by atoms with Gasteiger partial charge in [-0.25, -0.2) is 4.79 Å². The second kappa shape index (κ2) is 3.42. The zero-order valence-corrected chi connectivity index (χ0v) is 8.12. The van der Waals surface area contributed by atoms with Crippen molar-refractivity contribution in [3.63, 3.8) is 0 Å². The van der Waals surface area contributed by atoms with Gasteiger partial charge in [-0.05, 0) is 12.5 Å². The molecule has 0 aromatic heterocycles. The lowest BCUT2D eigenvalue weighted by atomic mass is 10.00. The average Bonchev–Trinajstić information content (AvgIpc) is 3.00. The monoisotopic (exact) mass is 191 g/mol. The molecule has 74 valence electrons. The SMILES string of the molecule is CCOC(=O)[C@]1(c2ccccc2)CN1. The van der Waals surface area contributed by atoms with E-state index in [-0.39, 0.29) is 5.97 Å². The summed E-state index contributed by atoms with van der Waals surface area (Å²) in [7, 11) is 0. The van der Waals surface area contributed by atoms with Crippen molar-refractivity contribution < 1.29 is 9.53 Å². The van der Waals surface area contributed by atoms with Crippen LogP contribution in [-0.4, -0.2) is 19.1 Å². The van der Waals surface area contributed by atoms with Gasteiger partial charge in [0.25, 0.3) is 0 Å². The van der Waals surface area contributed by atoms with Gasteiger partial charge in [0, 0.05) is 6.54 Å². The normalized spacial score (nSPS) is 24.4. The van der Waals surface area contributed by atoms with Gasteiger partial charge < -0.3 is 4.74 Å². The van der Waals surface area contributed by atoms with E-state index in [1.165, 1.54) is 0 Å². The molecule has 1 atom stereocenters. The van der Waals surface area contributed by atoms with Gasteiger partial charge in [0.1, 0.15) is 0 Å². The number of benzene rings is 1. The predicted molar refractivity (Wildman–Crippen MR) is 52.8 cm³/mol. The number of rotatable bonds is 3. The lowest BCUT2D eigenvalue weighted by Crippen LogP contribution is -2.27. The topological polar surface area (TPSA) is 48.2 Å². The molecule has 0 bridgehead atoms. The zero-order chi connectivity index (χ0) is 10.0. The van der Waals surface area contributed by atoms with E-state index < -0.39 is 5.54 Å². The molecule has 0 unspecified atom stereocenters. The molecule has 1 aliphatic heterocycles. The van der Waals surface area contributed by atoms with Crippen LogP contribution in [0, 0.1) is 0 Å². The highest BCUT2D eigenvalue weighted by Crippen LogP contribution is 2.31. The van der Waals surface area contributed by atoms with Crippen LogP contribution in [0.25, 0.3) is 0 Å². The molecule has 0 saturated carbocycles. The molecule has 14 heavy (non-hydrogen) atoms. The number of hydrogen-bond acceptors (Lipinski definition) is 3. The number of esters is 1. The van der Waals surface area contributed by atoms with E-state index in [9.17, 15) is 4.79 Å². The van der Waals surface area contributed by atoms with Crippen LogP contribution in [0.15, 0.2) is 30.3 Å². The summed E-state index contributed by atoms with van der Waals surface area (Å²) in [6, 6.07) is 9.67. The molecule has 0 amide bonds. The molecule has 1 aromatic carbocycles. The zero-order valence-electron chi connectivity index (χ0n) is 8.12. The van der Waals surface area contributed by atoms with Gasteiger partial charge in [0.05, 0.1) is 6.61 Å². The summed E-state index contributed by atoms with van der Waals surface area (Å²) >= 11 is 0. The van der Waals surface area contributed by atoms with E-state index in [2.05, 4.69) is 5.32 Å². The van der Waals surface area contributed by atoms with E-state index in [1.807, 2.05) is 37.3 Å². The van der Waals surface area contributed by atoms with Crippen LogP contribution in [0.2, 0.25) is 0 Å². The Kier molecular flexibility index (Phi) is 2.25. The maximum Gasteiger partial charge on any atom is 0.332 e. The lowest BCUT2D eigenvalue weighted by Gasteiger charge is -2.12. The number of ether oxygens (including phenoxy) is 1. The van der Waals surface area contributed by atoms with Crippen LogP contribution in [0.4, 0.5) is 0 Å². The maximum absolute atomic E-state index is 11.6. The number of carbonyl (C=O) groups excluding carboxylic acids is 1. The van der Waals surface area contributed by atoms with Gasteiger partial charge in [-0.3, -0.25) is 5.32 Å². The summed E-state index contributed by atoms with van der Waals surface area (Å²) in [6.45, 7) is 2.92. The first-order chi connectivity index (χ1) is 6.79. The molecule has 1 saturated heterocycles. The van der Waals surface area contributed by atoms with Crippen LogP contribution in [0.1, 0.15) is 12.5 Å². The van der Waals surface area contributed by atoms with E-state index in [1.54, 1.807) is 0 Å². The minimum atomic E-state index is -0.558. The third-order valence-corrected chi connectivity index (χ3v) is 2.42. The maximum atomic E-state index is 11.6. The molecule has 2 rings (SSSR count). The largest absolute Gasteiger partial charge is 0.464 e. The van der Waals surface area contributed by atoms with Crippen molar-refractivity contribution in [2.45, 2.75) is 12.5 Å². The van der Waals surface area contributed by atoms with Crippen molar-refractivity contribution in [2.75, 3.05) is 13.2 Å². The Hall–Kier alpha value is -1.35. The Bertz CT molecular complexity index is 330. The van der Waals surface area contributed by atoms with Crippen LogP contribution in [0.5, 0.6) is 0 Å². The fraction of sp³-hybridized carbons (Fsp3) is 0.364. The number of hydrogen-bond donors (Lipinski definition) is 1. The lowest BCUT2D eigenvalue weighted by molar-refractivity contribution is -0.146. The first kappa shape index (κ1) is 9.21. The third-order valence-electron chi connectivity index (χ3n) is 2.42. The fourth-order valence-electron chi connectivity index (χ4n) is 1.53. The van der Waals surface area contributed by atoms with Gasteiger partial charge in [-0.2, -0.15) is 0 Å². The number of nitrogens with one attached hydrogen (secondary N) is 1. The molecule has 1 aromatic rings. The molecule has 3 heteroatoms. The highest BCUT2D eigenvalue weighted by atomic mass is 16.5. The highest BCUT2D eigenvalue weighted by molar-refractivity contribution is 5.86. The Morgan fingerprint density at radius 2 is 2.14 bits per heavy atom. The highest BCUT2D eigenvalue weighted by Gasteiger charge is 2.52. The predicted octanol–water partition coefficient (Wildman–Crippen LogP) is 1.05. The molecule has 1 heterocycles. The minimum Gasteiger partial charge on any atom is -0.464 e. The second-order valence-electron chi connectivity index (χ2n) is 3.35. The Labute approximate surface area is 83.1 Å². The molecule has 1 fully saturated rings. The summed E-state index contributed by atoms with van der Waals surface area (Å²) in [6.07, 6.45) is 0. The van der Waals surface area contributed by atoms with Crippen molar-refractivity contribution in [1.82, 2.24) is 5.32 Å². The summed E-state index contributed by atoms with van der Waals surface area (Å²) in [5.74, 6) is -0.175. The van der Waals surface area contributed by atoms with E-state index in [4.69, 9.17) is 4.74 Å². The van der Waals surface area contributed by atoms with E-state index in [0.717, 1.165) is 5.56 Å². The molecule has 1 N–H and O–H groups in total. The van der Waals surface area contributed by atoms with Crippen LogP contribution in [0.3, 0.4) is 0 Å². The Morgan fingerprint density at radius 1 is 1.50 bits per heavy atom. The molecule has 0 aliphatic carbocycles. The van der Waals surface area contributed by atoms with Gasteiger partial charge >= 0.3 is 5.97 Å². The molecule has 3 nitrogen and oxygen atoms in total. The Morgan fingerprint density at radius 3 is 2.64 bits per heavy atom. The number of carbonyl (C=O) groups is 1. The summed E-state index contributed by atoms with van der Waals surface area (Å²) in [4.78, 5) is 11.6. The molecular weight excluding hydrogens is 178 g/mol. The smallest absolute Gasteiger partial charge is 0.332 e. The van der Waals surface area contributed by atoms with E-state index >= 15 is 0 Å². The minimum absolute atomic E-state index is 0.175.